The Morgan fingerprint density at radius 3 is 2.50 bits per heavy atom. The predicted molar refractivity (Wildman–Crippen MR) is 123 cm³/mol. The molecule has 3 rings (SSSR count). The first-order valence-corrected chi connectivity index (χ1v) is 11.0. The van der Waals surface area contributed by atoms with E-state index in [9.17, 15) is 9.90 Å². The maximum atomic E-state index is 13.1. The van der Waals surface area contributed by atoms with Gasteiger partial charge in [0.1, 0.15) is 0 Å². The van der Waals surface area contributed by atoms with Crippen LogP contribution in [-0.4, -0.2) is 73.6 Å². The van der Waals surface area contributed by atoms with Crippen LogP contribution in [0.2, 0.25) is 0 Å². The highest BCUT2D eigenvalue weighted by atomic mass is 16.7. The fourth-order valence-corrected chi connectivity index (χ4v) is 3.95. The molecular weight excluding hydrogens is 408 g/mol. The van der Waals surface area contributed by atoms with Crippen LogP contribution in [0.15, 0.2) is 48.5 Å². The number of ether oxygens (including phenoxy) is 3. The fourth-order valence-electron chi connectivity index (χ4n) is 3.95. The number of methoxy groups -OCH3 is 1. The number of carbonyl (C=O) groups is 1. The zero-order valence-corrected chi connectivity index (χ0v) is 19.4. The average molecular weight is 443 g/mol. The highest BCUT2D eigenvalue weighted by Crippen LogP contribution is 2.32. The van der Waals surface area contributed by atoms with Gasteiger partial charge < -0.3 is 24.2 Å². The molecule has 3 atom stereocenters. The van der Waals surface area contributed by atoms with Crippen LogP contribution >= 0.6 is 0 Å². The first kappa shape index (κ1) is 24.0. The van der Waals surface area contributed by atoms with Crippen molar-refractivity contribution in [2.24, 2.45) is 5.92 Å². The summed E-state index contributed by atoms with van der Waals surface area (Å²) >= 11 is 0. The molecule has 0 saturated carbocycles. The lowest BCUT2D eigenvalue weighted by molar-refractivity contribution is 0.0106. The number of nitrogens with zero attached hydrogens (tertiary/aromatic N) is 2. The summed E-state index contributed by atoms with van der Waals surface area (Å²) in [4.78, 5) is 17.0. The van der Waals surface area contributed by atoms with Gasteiger partial charge in [-0.25, -0.2) is 0 Å². The summed E-state index contributed by atoms with van der Waals surface area (Å²) in [5.74, 6) is 1.55. The van der Waals surface area contributed by atoms with E-state index in [-0.39, 0.29) is 37.4 Å². The van der Waals surface area contributed by atoms with E-state index in [0.717, 1.165) is 23.6 Å². The third kappa shape index (κ3) is 6.00. The number of aliphatic hydroxyl groups excluding tert-OH is 1. The molecule has 0 unspecified atom stereocenters. The van der Waals surface area contributed by atoms with Gasteiger partial charge in [-0.15, -0.1) is 0 Å². The highest BCUT2D eigenvalue weighted by Gasteiger charge is 2.27. The molecule has 7 nitrogen and oxygen atoms in total. The second-order valence-corrected chi connectivity index (χ2v) is 8.49. The molecule has 1 N–H and O–H groups in total. The Kier molecular flexibility index (Phi) is 8.50. The number of carbonyl (C=O) groups excluding carboxylic acids is 1. The summed E-state index contributed by atoms with van der Waals surface area (Å²) in [5.41, 5.74) is 1.75. The Hall–Kier alpha value is -2.61. The summed E-state index contributed by atoms with van der Waals surface area (Å²) in [6.45, 7) is 6.05. The molecule has 1 aliphatic heterocycles. The molecule has 2 aromatic carbocycles. The van der Waals surface area contributed by atoms with Crippen molar-refractivity contribution in [1.29, 1.82) is 0 Å². The van der Waals surface area contributed by atoms with Gasteiger partial charge in [0.25, 0.3) is 5.91 Å². The molecule has 7 heteroatoms. The van der Waals surface area contributed by atoms with E-state index in [1.165, 1.54) is 0 Å². The van der Waals surface area contributed by atoms with Gasteiger partial charge in [-0.3, -0.25) is 9.69 Å². The maximum absolute atomic E-state index is 13.1. The number of hydrogen-bond acceptors (Lipinski definition) is 6. The molecule has 1 heterocycles. The van der Waals surface area contributed by atoms with E-state index in [2.05, 4.69) is 11.8 Å². The average Bonchev–Trinajstić information content (AvgIpc) is 3.28. The standard InChI is InChI=1S/C25H34N2O5/c1-18(13-27(19(2)16-28)25(29)21-8-6-5-7-9-21)24(30-4)15-26(3)14-20-10-11-22-23(12-20)32-17-31-22/h5-12,18-19,24,28H,13-17H2,1-4H3/t18-,19+,24-/m0/s1. The van der Waals surface area contributed by atoms with Gasteiger partial charge in [0.2, 0.25) is 6.79 Å². The Morgan fingerprint density at radius 1 is 1.09 bits per heavy atom. The quantitative estimate of drug-likeness (QED) is 0.577. The van der Waals surface area contributed by atoms with Crippen molar-refractivity contribution in [3.63, 3.8) is 0 Å². The van der Waals surface area contributed by atoms with Crippen molar-refractivity contribution in [3.05, 3.63) is 59.7 Å². The van der Waals surface area contributed by atoms with Gasteiger partial charge in [-0.05, 0) is 43.8 Å². The van der Waals surface area contributed by atoms with Crippen LogP contribution in [-0.2, 0) is 11.3 Å². The fraction of sp³-hybridized carbons (Fsp3) is 0.480. The van der Waals surface area contributed by atoms with Crippen LogP contribution in [0.1, 0.15) is 29.8 Å². The third-order valence-electron chi connectivity index (χ3n) is 5.88. The normalized spacial score (nSPS) is 15.4. The Labute approximate surface area is 190 Å². The van der Waals surface area contributed by atoms with Gasteiger partial charge >= 0.3 is 0 Å². The van der Waals surface area contributed by atoms with Gasteiger partial charge in [0, 0.05) is 38.2 Å². The zero-order valence-electron chi connectivity index (χ0n) is 19.4. The molecule has 0 bridgehead atoms. The van der Waals surface area contributed by atoms with Crippen molar-refractivity contribution >= 4 is 5.91 Å². The Balaban J connectivity index is 1.62. The van der Waals surface area contributed by atoms with E-state index in [0.29, 0.717) is 18.7 Å². The third-order valence-corrected chi connectivity index (χ3v) is 5.88. The predicted octanol–water partition coefficient (Wildman–Crippen LogP) is 3.02. The lowest BCUT2D eigenvalue weighted by atomic mass is 10.0. The monoisotopic (exact) mass is 442 g/mol. The number of benzene rings is 2. The van der Waals surface area contributed by atoms with Crippen molar-refractivity contribution in [1.82, 2.24) is 9.80 Å². The Bertz CT molecular complexity index is 876. The summed E-state index contributed by atoms with van der Waals surface area (Å²) in [6, 6.07) is 14.9. The maximum Gasteiger partial charge on any atom is 0.254 e. The van der Waals surface area contributed by atoms with Crippen LogP contribution in [0.5, 0.6) is 11.5 Å². The molecule has 1 amide bonds. The first-order valence-electron chi connectivity index (χ1n) is 11.0. The number of rotatable bonds is 11. The van der Waals surface area contributed by atoms with E-state index in [4.69, 9.17) is 14.2 Å². The van der Waals surface area contributed by atoms with Gasteiger partial charge in [-0.2, -0.15) is 0 Å². The second kappa shape index (κ2) is 11.3. The van der Waals surface area contributed by atoms with Gasteiger partial charge in [0.15, 0.2) is 11.5 Å². The number of amides is 1. The highest BCUT2D eigenvalue weighted by molar-refractivity contribution is 5.94. The van der Waals surface area contributed by atoms with Crippen LogP contribution in [0.4, 0.5) is 0 Å². The molecule has 1 aliphatic rings. The van der Waals surface area contributed by atoms with E-state index >= 15 is 0 Å². The van der Waals surface area contributed by atoms with Crippen LogP contribution in [0.25, 0.3) is 0 Å². The van der Waals surface area contributed by atoms with Crippen LogP contribution < -0.4 is 9.47 Å². The van der Waals surface area contributed by atoms with E-state index in [1.54, 1.807) is 24.1 Å². The number of aliphatic hydroxyl groups is 1. The molecular formula is C25H34N2O5. The molecule has 0 aliphatic carbocycles. The molecule has 0 fully saturated rings. The summed E-state index contributed by atoms with van der Waals surface area (Å²) in [7, 11) is 3.75. The molecule has 32 heavy (non-hydrogen) atoms. The first-order chi connectivity index (χ1) is 15.4. The molecule has 0 spiro atoms. The smallest absolute Gasteiger partial charge is 0.254 e. The minimum Gasteiger partial charge on any atom is -0.454 e. The number of hydrogen-bond donors (Lipinski definition) is 1. The zero-order chi connectivity index (χ0) is 23.1. The summed E-state index contributed by atoms with van der Waals surface area (Å²) in [6.07, 6.45) is -0.0778. The Morgan fingerprint density at radius 2 is 1.81 bits per heavy atom. The van der Waals surface area contributed by atoms with Crippen molar-refractivity contribution < 1.29 is 24.1 Å². The molecule has 2 aromatic rings. The molecule has 0 saturated heterocycles. The SMILES string of the molecule is CO[C@@H](CN(C)Cc1ccc2c(c1)OCO2)[C@@H](C)CN(C(=O)c1ccccc1)[C@H](C)CO. The topological polar surface area (TPSA) is 71.5 Å². The van der Waals surface area contributed by atoms with Crippen molar-refractivity contribution in [3.8, 4) is 11.5 Å². The van der Waals surface area contributed by atoms with Crippen LogP contribution in [0.3, 0.4) is 0 Å². The van der Waals surface area contributed by atoms with Crippen molar-refractivity contribution in [2.45, 2.75) is 32.5 Å². The largest absolute Gasteiger partial charge is 0.454 e. The minimum absolute atomic E-state index is 0.0702. The second-order valence-electron chi connectivity index (χ2n) is 8.49. The van der Waals surface area contributed by atoms with E-state index in [1.807, 2.05) is 50.4 Å². The lowest BCUT2D eigenvalue weighted by Crippen LogP contribution is -2.47. The number of likely N-dealkylation sites (N-methyl/N-ethyl adjacent to an activating group) is 1. The molecule has 0 radical (unpaired) electrons. The summed E-state index contributed by atoms with van der Waals surface area (Å²) in [5, 5.41) is 9.73. The van der Waals surface area contributed by atoms with Gasteiger partial charge in [-0.1, -0.05) is 31.2 Å². The summed E-state index contributed by atoms with van der Waals surface area (Å²) < 4.78 is 16.7. The van der Waals surface area contributed by atoms with E-state index < -0.39 is 0 Å². The van der Waals surface area contributed by atoms with Crippen LogP contribution in [0, 0.1) is 5.92 Å². The molecule has 174 valence electrons. The minimum atomic E-state index is -0.283. The number of fused-ring (bicyclic) bond motifs is 1. The molecule has 0 aromatic heterocycles. The van der Waals surface area contributed by atoms with Gasteiger partial charge in [0.05, 0.1) is 18.8 Å². The van der Waals surface area contributed by atoms with Crippen molar-refractivity contribution in [2.75, 3.05) is 40.6 Å². The lowest BCUT2D eigenvalue weighted by Gasteiger charge is -2.34.